The number of nitrogens with one attached hydrogen (secondary N) is 1. The number of nitrogens with zero attached hydrogens (tertiary/aromatic N) is 3. The summed E-state index contributed by atoms with van der Waals surface area (Å²) < 4.78 is 11.6. The summed E-state index contributed by atoms with van der Waals surface area (Å²) in [5, 5.41) is 11.1. The summed E-state index contributed by atoms with van der Waals surface area (Å²) in [4.78, 5) is 32.2. The number of halogens is 1. The number of ether oxygens (including phenoxy) is 2. The van der Waals surface area contributed by atoms with Crippen molar-refractivity contribution in [1.29, 1.82) is 0 Å². The second-order valence-electron chi connectivity index (χ2n) is 8.00. The molecule has 0 fully saturated rings. The van der Waals surface area contributed by atoms with Gasteiger partial charge in [-0.2, -0.15) is 4.99 Å². The largest absolute Gasteiger partial charge is 0.493 e. The van der Waals surface area contributed by atoms with Gasteiger partial charge < -0.3 is 31.4 Å². The molecule has 12 heteroatoms. The molecule has 1 aliphatic rings. The van der Waals surface area contributed by atoms with Crippen molar-refractivity contribution in [3.63, 3.8) is 0 Å². The molecule has 11 nitrogen and oxygen atoms in total. The average Bonchev–Trinajstić information content (AvgIpc) is 2.77. The molecule has 0 unspecified atom stereocenters. The number of guanidine groups is 2. The Morgan fingerprint density at radius 3 is 2.36 bits per heavy atom. The van der Waals surface area contributed by atoms with E-state index in [1.807, 2.05) is 38.1 Å². The third-order valence-electron chi connectivity index (χ3n) is 4.79. The van der Waals surface area contributed by atoms with Crippen LogP contribution in [0.2, 0.25) is 0 Å². The molecule has 1 amide bonds. The number of nitrogens with two attached hydrogens (primary N) is 2. The van der Waals surface area contributed by atoms with Gasteiger partial charge in [-0.3, -0.25) is 9.69 Å². The van der Waals surface area contributed by atoms with Crippen LogP contribution in [-0.2, 0) is 9.59 Å². The number of aliphatic carboxylic acids is 1. The number of carboxylic acid groups (broad SMARTS) is 1. The van der Waals surface area contributed by atoms with E-state index < -0.39 is 17.5 Å². The minimum Gasteiger partial charge on any atom is -0.493 e. The number of amides is 1. The Balaban J connectivity index is 0.00000456. The first-order valence-electron chi connectivity index (χ1n) is 10.8. The van der Waals surface area contributed by atoms with Crippen LogP contribution in [0.5, 0.6) is 11.5 Å². The fraction of sp³-hybridized carbons (Fsp3) is 0.250. The Kier molecular flexibility index (Phi) is 9.68. The maximum Gasteiger partial charge on any atom is 0.328 e. The van der Waals surface area contributed by atoms with Crippen molar-refractivity contribution in [2.45, 2.75) is 25.9 Å². The SMILES string of the molecule is CC1(C)N=C(N)N=C(N)N1c1cccc(OCCCOc2ccc(NC(=O)C=CC(=O)O)cc2)c1.Cl. The molecule has 0 atom stereocenters. The van der Waals surface area contributed by atoms with Gasteiger partial charge in [0.05, 0.1) is 13.2 Å². The van der Waals surface area contributed by atoms with Gasteiger partial charge in [0.25, 0.3) is 0 Å². The quantitative estimate of drug-likeness (QED) is 0.276. The fourth-order valence-corrected chi connectivity index (χ4v) is 3.37. The van der Waals surface area contributed by atoms with Crippen molar-refractivity contribution in [2.75, 3.05) is 23.4 Å². The van der Waals surface area contributed by atoms with E-state index in [4.69, 9.17) is 26.0 Å². The highest BCUT2D eigenvalue weighted by molar-refractivity contribution is 6.05. The second-order valence-corrected chi connectivity index (χ2v) is 8.00. The number of carbonyl (C=O) groups is 2. The highest BCUT2D eigenvalue weighted by Crippen LogP contribution is 2.30. The van der Waals surface area contributed by atoms with Gasteiger partial charge >= 0.3 is 5.97 Å². The van der Waals surface area contributed by atoms with E-state index in [0.717, 1.165) is 17.8 Å². The molecule has 36 heavy (non-hydrogen) atoms. The first kappa shape index (κ1) is 28.0. The predicted molar refractivity (Wildman–Crippen MR) is 141 cm³/mol. The maximum atomic E-state index is 11.6. The van der Waals surface area contributed by atoms with Crippen molar-refractivity contribution < 1.29 is 24.2 Å². The zero-order valence-electron chi connectivity index (χ0n) is 19.9. The van der Waals surface area contributed by atoms with E-state index >= 15 is 0 Å². The topological polar surface area (TPSA) is 165 Å². The molecule has 3 rings (SSSR count). The zero-order valence-corrected chi connectivity index (χ0v) is 20.7. The van der Waals surface area contributed by atoms with Gasteiger partial charge in [-0.05, 0) is 50.2 Å². The van der Waals surface area contributed by atoms with Crippen molar-refractivity contribution in [3.05, 3.63) is 60.7 Å². The molecule has 0 bridgehead atoms. The van der Waals surface area contributed by atoms with Gasteiger partial charge in [0.15, 0.2) is 0 Å². The monoisotopic (exact) mass is 516 g/mol. The summed E-state index contributed by atoms with van der Waals surface area (Å²) in [7, 11) is 0. The van der Waals surface area contributed by atoms with Crippen LogP contribution >= 0.6 is 12.4 Å². The summed E-state index contributed by atoms with van der Waals surface area (Å²) in [6, 6.07) is 14.2. The minimum absolute atomic E-state index is 0. The zero-order chi connectivity index (χ0) is 25.4. The van der Waals surface area contributed by atoms with E-state index in [1.165, 1.54) is 0 Å². The van der Waals surface area contributed by atoms with Gasteiger partial charge in [-0.25, -0.2) is 9.79 Å². The smallest absolute Gasteiger partial charge is 0.328 e. The Morgan fingerprint density at radius 1 is 1.06 bits per heavy atom. The molecule has 2 aromatic rings. The van der Waals surface area contributed by atoms with Crippen molar-refractivity contribution >= 4 is 47.6 Å². The van der Waals surface area contributed by atoms with Crippen molar-refractivity contribution in [3.8, 4) is 11.5 Å². The first-order chi connectivity index (χ1) is 16.6. The predicted octanol–water partition coefficient (Wildman–Crippen LogP) is 2.72. The number of carbonyl (C=O) groups excluding carboxylic acids is 1. The van der Waals surface area contributed by atoms with Crippen LogP contribution in [0.4, 0.5) is 11.4 Å². The van der Waals surface area contributed by atoms with Gasteiger partial charge in [0, 0.05) is 36.0 Å². The molecular formula is C24H29ClN6O5. The molecule has 0 aliphatic carbocycles. The maximum absolute atomic E-state index is 11.6. The molecule has 2 aromatic carbocycles. The molecule has 0 radical (unpaired) electrons. The first-order valence-corrected chi connectivity index (χ1v) is 10.8. The van der Waals surface area contributed by atoms with Gasteiger partial charge in [-0.1, -0.05) is 6.07 Å². The van der Waals surface area contributed by atoms with E-state index in [9.17, 15) is 9.59 Å². The highest BCUT2D eigenvalue weighted by Gasteiger charge is 2.33. The lowest BCUT2D eigenvalue weighted by atomic mass is 10.1. The summed E-state index contributed by atoms with van der Waals surface area (Å²) in [5.41, 5.74) is 12.5. The van der Waals surface area contributed by atoms with E-state index in [0.29, 0.717) is 36.8 Å². The Labute approximate surface area is 214 Å². The van der Waals surface area contributed by atoms with Crippen molar-refractivity contribution in [2.24, 2.45) is 21.5 Å². The summed E-state index contributed by atoms with van der Waals surface area (Å²) in [6.45, 7) is 4.65. The second kappa shape index (κ2) is 12.5. The molecule has 1 aliphatic heterocycles. The number of carboxylic acids is 1. The number of anilines is 2. The highest BCUT2D eigenvalue weighted by atomic mass is 35.5. The summed E-state index contributed by atoms with van der Waals surface area (Å²) in [6.07, 6.45) is 2.36. The lowest BCUT2D eigenvalue weighted by Gasteiger charge is -2.38. The molecule has 0 aromatic heterocycles. The van der Waals surface area contributed by atoms with Crippen molar-refractivity contribution in [1.82, 2.24) is 0 Å². The molecule has 0 spiro atoms. The number of aliphatic imine (C=N–C) groups is 2. The Bertz CT molecular complexity index is 1160. The van der Waals surface area contributed by atoms with Gasteiger partial charge in [0.2, 0.25) is 17.8 Å². The van der Waals surface area contributed by atoms with Crippen LogP contribution in [0.15, 0.2) is 70.7 Å². The summed E-state index contributed by atoms with van der Waals surface area (Å²) >= 11 is 0. The van der Waals surface area contributed by atoms with E-state index in [1.54, 1.807) is 29.2 Å². The van der Waals surface area contributed by atoms with Crippen LogP contribution in [0, 0.1) is 0 Å². The normalized spacial score (nSPS) is 14.3. The average molecular weight is 517 g/mol. The molecule has 0 saturated carbocycles. The van der Waals surface area contributed by atoms with Crippen LogP contribution in [0.1, 0.15) is 20.3 Å². The van der Waals surface area contributed by atoms with Gasteiger partial charge in [-0.15, -0.1) is 12.4 Å². The van der Waals surface area contributed by atoms with Crippen LogP contribution in [-0.4, -0.2) is 47.8 Å². The molecule has 6 N–H and O–H groups in total. The number of hydrogen-bond acceptors (Lipinski definition) is 9. The van der Waals surface area contributed by atoms with E-state index in [2.05, 4.69) is 15.3 Å². The van der Waals surface area contributed by atoms with E-state index in [-0.39, 0.29) is 24.3 Å². The number of rotatable bonds is 10. The lowest BCUT2D eigenvalue weighted by molar-refractivity contribution is -0.131. The molecule has 0 saturated heterocycles. The summed E-state index contributed by atoms with van der Waals surface area (Å²) in [5.74, 6) is -0.0126. The number of hydrogen-bond donors (Lipinski definition) is 4. The fourth-order valence-electron chi connectivity index (χ4n) is 3.37. The molecule has 1 heterocycles. The Morgan fingerprint density at radius 2 is 1.72 bits per heavy atom. The molecular weight excluding hydrogens is 488 g/mol. The van der Waals surface area contributed by atoms with Crippen LogP contribution in [0.3, 0.4) is 0 Å². The number of benzene rings is 2. The molecule has 192 valence electrons. The Hall–Kier alpha value is -4.25. The lowest BCUT2D eigenvalue weighted by Crippen LogP contribution is -2.54. The minimum atomic E-state index is -1.19. The standard InChI is InChI=1S/C24H28N6O5.ClH/c1-24(2)29-22(25)28-23(26)30(24)17-5-3-6-19(15-17)35-14-4-13-34-18-9-7-16(8-10-18)27-20(31)11-12-21(32)33;/h3,5-12,15H,4,13-14H2,1-2H3,(H,27,31)(H,32,33)(H4,25,26,28,29);1H. The van der Waals surface area contributed by atoms with Crippen LogP contribution in [0.25, 0.3) is 0 Å². The van der Waals surface area contributed by atoms with Gasteiger partial charge in [0.1, 0.15) is 17.2 Å². The third kappa shape index (κ3) is 7.91. The third-order valence-corrected chi connectivity index (χ3v) is 4.79. The van der Waals surface area contributed by atoms with Crippen LogP contribution < -0.4 is 31.2 Å².